The summed E-state index contributed by atoms with van der Waals surface area (Å²) >= 11 is 0. The molecule has 5 heteroatoms. The van der Waals surface area contributed by atoms with E-state index in [9.17, 15) is 9.59 Å². The van der Waals surface area contributed by atoms with E-state index in [2.05, 4.69) is 5.32 Å². The summed E-state index contributed by atoms with van der Waals surface area (Å²) in [6.45, 7) is 2.56. The summed E-state index contributed by atoms with van der Waals surface area (Å²) in [5, 5.41) is 2.82. The highest BCUT2D eigenvalue weighted by atomic mass is 16.5. The summed E-state index contributed by atoms with van der Waals surface area (Å²) in [5.74, 6) is 1.09. The minimum Gasteiger partial charge on any atom is -0.497 e. The first-order chi connectivity index (χ1) is 11.1. The Morgan fingerprint density at radius 2 is 2.04 bits per heavy atom. The fraction of sp³-hybridized carbons (Fsp3) is 0.556. The van der Waals surface area contributed by atoms with Crippen LogP contribution in [0.3, 0.4) is 0 Å². The summed E-state index contributed by atoms with van der Waals surface area (Å²) in [6.07, 6.45) is 5.29. The van der Waals surface area contributed by atoms with E-state index in [1.807, 2.05) is 19.1 Å². The normalized spacial score (nSPS) is 14.5. The Kier molecular flexibility index (Phi) is 6.44. The molecular formula is C18H26N2O3. The molecule has 0 bridgehead atoms. The molecule has 1 saturated carbocycles. The van der Waals surface area contributed by atoms with E-state index in [0.717, 1.165) is 12.8 Å². The van der Waals surface area contributed by atoms with Gasteiger partial charge >= 0.3 is 0 Å². The standard InChI is InChI=1S/C18H26N2O3/c1-3-20(18(22)11-14-7-4-5-8-14)13-17(21)19-15-9-6-10-16(12-15)23-2/h6,9-10,12,14H,3-5,7-8,11,13H2,1-2H3,(H,19,21). The first-order valence-corrected chi connectivity index (χ1v) is 8.34. The van der Waals surface area contributed by atoms with Crippen LogP contribution in [0.5, 0.6) is 5.75 Å². The molecule has 1 aliphatic rings. The van der Waals surface area contributed by atoms with Crippen molar-refractivity contribution >= 4 is 17.5 Å². The molecule has 1 aromatic rings. The topological polar surface area (TPSA) is 58.6 Å². The number of likely N-dealkylation sites (N-methyl/N-ethyl adjacent to an activating group) is 1. The van der Waals surface area contributed by atoms with E-state index < -0.39 is 0 Å². The fourth-order valence-electron chi connectivity index (χ4n) is 3.04. The monoisotopic (exact) mass is 318 g/mol. The largest absolute Gasteiger partial charge is 0.497 e. The Labute approximate surface area is 138 Å². The number of methoxy groups -OCH3 is 1. The average Bonchev–Trinajstić information content (AvgIpc) is 3.05. The molecule has 126 valence electrons. The highest BCUT2D eigenvalue weighted by Gasteiger charge is 2.22. The van der Waals surface area contributed by atoms with E-state index in [0.29, 0.717) is 30.3 Å². The number of benzene rings is 1. The van der Waals surface area contributed by atoms with Crippen molar-refractivity contribution in [2.45, 2.75) is 39.0 Å². The van der Waals surface area contributed by atoms with Gasteiger partial charge in [-0.3, -0.25) is 9.59 Å². The van der Waals surface area contributed by atoms with Gasteiger partial charge in [0.15, 0.2) is 0 Å². The van der Waals surface area contributed by atoms with Crippen molar-refractivity contribution in [1.29, 1.82) is 0 Å². The molecule has 2 rings (SSSR count). The molecule has 0 heterocycles. The number of hydrogen-bond acceptors (Lipinski definition) is 3. The van der Waals surface area contributed by atoms with Crippen LogP contribution in [0.25, 0.3) is 0 Å². The van der Waals surface area contributed by atoms with Gasteiger partial charge in [0, 0.05) is 24.7 Å². The molecule has 5 nitrogen and oxygen atoms in total. The summed E-state index contributed by atoms with van der Waals surface area (Å²) < 4.78 is 5.14. The minimum absolute atomic E-state index is 0.0835. The number of ether oxygens (including phenoxy) is 1. The maximum Gasteiger partial charge on any atom is 0.243 e. The van der Waals surface area contributed by atoms with E-state index in [-0.39, 0.29) is 18.4 Å². The predicted octanol–water partition coefficient (Wildman–Crippen LogP) is 3.06. The van der Waals surface area contributed by atoms with Gasteiger partial charge in [0.25, 0.3) is 0 Å². The third-order valence-electron chi connectivity index (χ3n) is 4.36. The maximum absolute atomic E-state index is 12.3. The first kappa shape index (κ1) is 17.3. The van der Waals surface area contributed by atoms with E-state index >= 15 is 0 Å². The van der Waals surface area contributed by atoms with Crippen LogP contribution in [0.4, 0.5) is 5.69 Å². The molecule has 0 atom stereocenters. The average molecular weight is 318 g/mol. The number of nitrogens with zero attached hydrogens (tertiary/aromatic N) is 1. The smallest absolute Gasteiger partial charge is 0.243 e. The van der Waals surface area contributed by atoms with Crippen LogP contribution in [0, 0.1) is 5.92 Å². The zero-order chi connectivity index (χ0) is 16.7. The van der Waals surface area contributed by atoms with Gasteiger partial charge in [-0.1, -0.05) is 18.9 Å². The predicted molar refractivity (Wildman–Crippen MR) is 90.5 cm³/mol. The van der Waals surface area contributed by atoms with Gasteiger partial charge in [-0.05, 0) is 37.8 Å². The zero-order valence-corrected chi connectivity index (χ0v) is 14.0. The second-order valence-electron chi connectivity index (χ2n) is 6.04. The lowest BCUT2D eigenvalue weighted by Crippen LogP contribution is -2.38. The highest BCUT2D eigenvalue weighted by Crippen LogP contribution is 2.28. The molecule has 0 spiro atoms. The third kappa shape index (κ3) is 5.27. The van der Waals surface area contributed by atoms with Crippen molar-refractivity contribution in [3.05, 3.63) is 24.3 Å². The quantitative estimate of drug-likeness (QED) is 0.840. The van der Waals surface area contributed by atoms with Crippen LogP contribution in [0.15, 0.2) is 24.3 Å². The second kappa shape index (κ2) is 8.56. The Morgan fingerprint density at radius 1 is 1.30 bits per heavy atom. The van der Waals surface area contributed by atoms with E-state index in [4.69, 9.17) is 4.74 Å². The van der Waals surface area contributed by atoms with Crippen molar-refractivity contribution in [2.75, 3.05) is 25.5 Å². The molecule has 1 fully saturated rings. The molecule has 1 aromatic carbocycles. The molecule has 0 saturated heterocycles. The van der Waals surface area contributed by atoms with E-state index in [1.54, 1.807) is 24.1 Å². The highest BCUT2D eigenvalue weighted by molar-refractivity contribution is 5.94. The lowest BCUT2D eigenvalue weighted by atomic mass is 10.0. The summed E-state index contributed by atoms with van der Waals surface area (Å²) in [4.78, 5) is 26.2. The van der Waals surface area contributed by atoms with E-state index in [1.165, 1.54) is 12.8 Å². The Morgan fingerprint density at radius 3 is 2.70 bits per heavy atom. The maximum atomic E-state index is 12.3. The number of anilines is 1. The number of carbonyl (C=O) groups excluding carboxylic acids is 2. The molecule has 0 aromatic heterocycles. The Hall–Kier alpha value is -2.04. The van der Waals surface area contributed by atoms with Gasteiger partial charge in [-0.2, -0.15) is 0 Å². The molecule has 0 aliphatic heterocycles. The van der Waals surface area contributed by atoms with Gasteiger partial charge in [0.1, 0.15) is 5.75 Å². The number of hydrogen-bond donors (Lipinski definition) is 1. The van der Waals surface area contributed by atoms with Crippen molar-refractivity contribution < 1.29 is 14.3 Å². The van der Waals surface area contributed by atoms with Crippen molar-refractivity contribution in [1.82, 2.24) is 4.90 Å². The van der Waals surface area contributed by atoms with Crippen molar-refractivity contribution in [2.24, 2.45) is 5.92 Å². The van der Waals surface area contributed by atoms with Gasteiger partial charge in [0.05, 0.1) is 13.7 Å². The molecule has 23 heavy (non-hydrogen) atoms. The van der Waals surface area contributed by atoms with Crippen molar-refractivity contribution in [3.63, 3.8) is 0 Å². The molecule has 0 radical (unpaired) electrons. The van der Waals surface area contributed by atoms with Gasteiger partial charge in [0.2, 0.25) is 11.8 Å². The van der Waals surface area contributed by atoms with Crippen LogP contribution >= 0.6 is 0 Å². The summed E-state index contributed by atoms with van der Waals surface area (Å²) in [6, 6.07) is 7.20. The van der Waals surface area contributed by atoms with Crippen LogP contribution in [-0.2, 0) is 9.59 Å². The molecular weight excluding hydrogens is 292 g/mol. The first-order valence-electron chi connectivity index (χ1n) is 8.34. The SMILES string of the molecule is CCN(CC(=O)Nc1cccc(OC)c1)C(=O)CC1CCCC1. The van der Waals surface area contributed by atoms with Crippen LogP contribution < -0.4 is 10.1 Å². The molecule has 1 N–H and O–H groups in total. The Bertz CT molecular complexity index is 539. The van der Waals surface area contributed by atoms with Gasteiger partial charge in [-0.15, -0.1) is 0 Å². The Balaban J connectivity index is 1.86. The molecule has 2 amide bonds. The fourth-order valence-corrected chi connectivity index (χ4v) is 3.04. The van der Waals surface area contributed by atoms with Crippen LogP contribution in [0.1, 0.15) is 39.0 Å². The zero-order valence-electron chi connectivity index (χ0n) is 14.0. The lowest BCUT2D eigenvalue weighted by molar-refractivity contribution is -0.135. The number of nitrogens with one attached hydrogen (secondary N) is 1. The number of carbonyl (C=O) groups is 2. The van der Waals surface area contributed by atoms with Crippen LogP contribution in [0.2, 0.25) is 0 Å². The summed E-state index contributed by atoms with van der Waals surface area (Å²) in [5.41, 5.74) is 0.675. The van der Waals surface area contributed by atoms with Crippen molar-refractivity contribution in [3.8, 4) is 5.75 Å². The number of amides is 2. The molecule has 0 unspecified atom stereocenters. The lowest BCUT2D eigenvalue weighted by Gasteiger charge is -2.22. The van der Waals surface area contributed by atoms with Gasteiger partial charge in [-0.25, -0.2) is 0 Å². The number of rotatable bonds is 7. The molecule has 1 aliphatic carbocycles. The van der Waals surface area contributed by atoms with Crippen LogP contribution in [-0.4, -0.2) is 36.9 Å². The summed E-state index contributed by atoms with van der Waals surface area (Å²) in [7, 11) is 1.58. The second-order valence-corrected chi connectivity index (χ2v) is 6.04. The minimum atomic E-state index is -0.181. The third-order valence-corrected chi connectivity index (χ3v) is 4.36. The van der Waals surface area contributed by atoms with Gasteiger partial charge < -0.3 is 15.0 Å².